The molecule has 0 unspecified atom stereocenters. The van der Waals surface area contributed by atoms with E-state index in [1.165, 1.54) is 22.5 Å². The van der Waals surface area contributed by atoms with Crippen molar-refractivity contribution in [2.75, 3.05) is 30.9 Å². The maximum absolute atomic E-state index is 11.5. The van der Waals surface area contributed by atoms with Crippen LogP contribution in [-0.2, 0) is 12.8 Å². The largest absolute Gasteiger partial charge is 0.478 e. The van der Waals surface area contributed by atoms with E-state index in [4.69, 9.17) is 0 Å². The van der Waals surface area contributed by atoms with E-state index in [1.807, 2.05) is 14.1 Å². The lowest BCUT2D eigenvalue weighted by Crippen LogP contribution is -2.11. The van der Waals surface area contributed by atoms with Crippen LogP contribution in [0, 0.1) is 0 Å². The van der Waals surface area contributed by atoms with Gasteiger partial charge in [-0.15, -0.1) is 0 Å². The van der Waals surface area contributed by atoms with Crippen molar-refractivity contribution >= 4 is 23.0 Å². The number of benzene rings is 2. The molecule has 31 heavy (non-hydrogen) atoms. The van der Waals surface area contributed by atoms with Crippen LogP contribution in [0.2, 0.25) is 0 Å². The normalized spacial score (nSPS) is 14.9. The Morgan fingerprint density at radius 3 is 2.45 bits per heavy atom. The van der Waals surface area contributed by atoms with Gasteiger partial charge < -0.3 is 14.9 Å². The third-order valence-corrected chi connectivity index (χ3v) is 6.37. The zero-order valence-corrected chi connectivity index (χ0v) is 18.4. The Hall–Kier alpha value is -3.34. The topological polar surface area (TPSA) is 56.7 Å². The molecule has 0 aliphatic heterocycles. The number of aromatic carboxylic acids is 1. The number of anilines is 3. The highest BCUT2D eigenvalue weighted by atomic mass is 16.4. The Morgan fingerprint density at radius 1 is 1.03 bits per heavy atom. The predicted octanol–water partition coefficient (Wildman–Crippen LogP) is 5.28. The van der Waals surface area contributed by atoms with Crippen LogP contribution in [-0.4, -0.2) is 37.2 Å². The summed E-state index contributed by atoms with van der Waals surface area (Å²) in [6.07, 6.45) is 7.10. The Kier molecular flexibility index (Phi) is 5.94. The van der Waals surface area contributed by atoms with Crippen LogP contribution in [0.3, 0.4) is 0 Å². The van der Waals surface area contributed by atoms with Crippen LogP contribution < -0.4 is 9.80 Å². The fourth-order valence-corrected chi connectivity index (χ4v) is 4.49. The number of fused-ring (bicyclic) bond motifs is 1. The molecule has 0 bridgehead atoms. The van der Waals surface area contributed by atoms with Gasteiger partial charge in [0, 0.05) is 50.6 Å². The second kappa shape index (κ2) is 8.80. The highest BCUT2D eigenvalue weighted by molar-refractivity contribution is 5.89. The Bertz CT molecular complexity index is 1080. The Labute approximate surface area is 184 Å². The molecule has 5 nitrogen and oxygen atoms in total. The average molecular weight is 416 g/mol. The molecule has 1 heterocycles. The van der Waals surface area contributed by atoms with Gasteiger partial charge in [0.25, 0.3) is 0 Å². The van der Waals surface area contributed by atoms with Gasteiger partial charge in [-0.2, -0.15) is 0 Å². The van der Waals surface area contributed by atoms with Crippen molar-refractivity contribution in [3.8, 4) is 0 Å². The SMILES string of the molecule is CN(C)c1ccc(N(C)c2ccc3c(c2)CC[C@@H]3CCc2cnccc2C(=O)O)cc1. The number of aryl methyl sites for hydroxylation is 2. The maximum atomic E-state index is 11.5. The molecule has 0 radical (unpaired) electrons. The molecule has 0 fully saturated rings. The fourth-order valence-electron chi connectivity index (χ4n) is 4.49. The van der Waals surface area contributed by atoms with Gasteiger partial charge in [-0.3, -0.25) is 4.98 Å². The number of carboxylic acid groups (broad SMARTS) is 1. The van der Waals surface area contributed by atoms with E-state index in [2.05, 4.69) is 64.3 Å². The quantitative estimate of drug-likeness (QED) is 0.569. The highest BCUT2D eigenvalue weighted by Crippen LogP contribution is 2.39. The molecule has 1 N–H and O–H groups in total. The van der Waals surface area contributed by atoms with Crippen LogP contribution in [0.5, 0.6) is 0 Å². The summed E-state index contributed by atoms with van der Waals surface area (Å²) in [7, 11) is 6.20. The summed E-state index contributed by atoms with van der Waals surface area (Å²) in [5, 5.41) is 9.40. The van der Waals surface area contributed by atoms with Crippen LogP contribution in [0.1, 0.15) is 45.8 Å². The van der Waals surface area contributed by atoms with Gasteiger partial charge in [-0.1, -0.05) is 6.07 Å². The van der Waals surface area contributed by atoms with E-state index in [0.717, 1.165) is 36.9 Å². The van der Waals surface area contributed by atoms with Crippen LogP contribution in [0.4, 0.5) is 17.1 Å². The van der Waals surface area contributed by atoms with Crippen molar-refractivity contribution < 1.29 is 9.90 Å². The number of rotatable bonds is 7. The zero-order chi connectivity index (χ0) is 22.0. The van der Waals surface area contributed by atoms with Crippen molar-refractivity contribution in [2.24, 2.45) is 0 Å². The van der Waals surface area contributed by atoms with Gasteiger partial charge in [0.2, 0.25) is 0 Å². The number of aromatic nitrogens is 1. The van der Waals surface area contributed by atoms with Gasteiger partial charge in [0.05, 0.1) is 5.56 Å². The minimum atomic E-state index is -0.879. The van der Waals surface area contributed by atoms with Gasteiger partial charge in [0.1, 0.15) is 0 Å². The highest BCUT2D eigenvalue weighted by Gasteiger charge is 2.24. The van der Waals surface area contributed by atoms with Crippen molar-refractivity contribution in [1.82, 2.24) is 4.98 Å². The molecule has 4 rings (SSSR count). The molecule has 160 valence electrons. The van der Waals surface area contributed by atoms with E-state index in [-0.39, 0.29) is 0 Å². The molecular formula is C26H29N3O2. The molecule has 0 spiro atoms. The van der Waals surface area contributed by atoms with Crippen molar-refractivity contribution in [2.45, 2.75) is 31.6 Å². The summed E-state index contributed by atoms with van der Waals surface area (Å²) in [5.41, 5.74) is 7.54. The first-order valence-electron chi connectivity index (χ1n) is 10.7. The summed E-state index contributed by atoms with van der Waals surface area (Å²) >= 11 is 0. The van der Waals surface area contributed by atoms with Crippen LogP contribution in [0.25, 0.3) is 0 Å². The van der Waals surface area contributed by atoms with Gasteiger partial charge in [-0.25, -0.2) is 4.79 Å². The maximum Gasteiger partial charge on any atom is 0.336 e. The lowest BCUT2D eigenvalue weighted by atomic mass is 9.93. The molecule has 1 aromatic heterocycles. The number of pyridine rings is 1. The molecule has 3 aromatic rings. The van der Waals surface area contributed by atoms with E-state index >= 15 is 0 Å². The van der Waals surface area contributed by atoms with Crippen LogP contribution in [0.15, 0.2) is 60.9 Å². The number of carboxylic acids is 1. The zero-order valence-electron chi connectivity index (χ0n) is 18.4. The first-order chi connectivity index (χ1) is 14.9. The van der Waals surface area contributed by atoms with E-state index in [0.29, 0.717) is 11.5 Å². The number of carbonyl (C=O) groups is 1. The third kappa shape index (κ3) is 4.41. The minimum Gasteiger partial charge on any atom is -0.478 e. The number of nitrogens with zero attached hydrogens (tertiary/aromatic N) is 3. The standard InChI is InChI=1S/C26H29N3O2/c1-28(2)21-8-10-22(11-9-21)29(3)23-12-13-24-18(4-6-19(24)16-23)5-7-20-17-27-15-14-25(20)26(30)31/h8-18H,4-7H2,1-3H3,(H,30,31)/t18-/m1/s1. The number of hydrogen-bond acceptors (Lipinski definition) is 4. The molecule has 1 aliphatic carbocycles. The van der Waals surface area contributed by atoms with Crippen molar-refractivity contribution in [3.05, 3.63) is 83.2 Å². The van der Waals surface area contributed by atoms with Crippen molar-refractivity contribution in [1.29, 1.82) is 0 Å². The summed E-state index contributed by atoms with van der Waals surface area (Å²) in [6, 6.07) is 16.9. The van der Waals surface area contributed by atoms with Gasteiger partial charge >= 0.3 is 5.97 Å². The van der Waals surface area contributed by atoms with E-state index in [1.54, 1.807) is 18.5 Å². The third-order valence-electron chi connectivity index (χ3n) is 6.37. The molecule has 0 amide bonds. The lowest BCUT2D eigenvalue weighted by molar-refractivity contribution is 0.0695. The summed E-state index contributed by atoms with van der Waals surface area (Å²) in [5.74, 6) is -0.411. The lowest BCUT2D eigenvalue weighted by Gasteiger charge is -2.22. The molecule has 0 saturated carbocycles. The molecule has 0 saturated heterocycles. The second-order valence-corrected chi connectivity index (χ2v) is 8.47. The molecule has 1 atom stereocenters. The van der Waals surface area contributed by atoms with Gasteiger partial charge in [-0.05, 0) is 90.8 Å². The van der Waals surface area contributed by atoms with Gasteiger partial charge in [0.15, 0.2) is 0 Å². The summed E-state index contributed by atoms with van der Waals surface area (Å²) in [4.78, 5) is 19.9. The van der Waals surface area contributed by atoms with E-state index < -0.39 is 5.97 Å². The summed E-state index contributed by atoms with van der Waals surface area (Å²) < 4.78 is 0. The van der Waals surface area contributed by atoms with Crippen LogP contribution >= 0.6 is 0 Å². The van der Waals surface area contributed by atoms with E-state index in [9.17, 15) is 9.90 Å². The van der Waals surface area contributed by atoms with Crippen molar-refractivity contribution in [3.63, 3.8) is 0 Å². The predicted molar refractivity (Wildman–Crippen MR) is 126 cm³/mol. The number of hydrogen-bond donors (Lipinski definition) is 1. The smallest absolute Gasteiger partial charge is 0.336 e. The molecule has 5 heteroatoms. The first kappa shape index (κ1) is 20.9. The second-order valence-electron chi connectivity index (χ2n) is 8.47. The fraction of sp³-hybridized carbons (Fsp3) is 0.308. The first-order valence-corrected chi connectivity index (χ1v) is 10.7. The summed E-state index contributed by atoms with van der Waals surface area (Å²) in [6.45, 7) is 0. The minimum absolute atomic E-state index is 0.366. The Balaban J connectivity index is 1.47. The molecular weight excluding hydrogens is 386 g/mol. The average Bonchev–Trinajstić information content (AvgIpc) is 3.19. The molecule has 2 aromatic carbocycles. The Morgan fingerprint density at radius 2 is 1.74 bits per heavy atom. The monoisotopic (exact) mass is 415 g/mol. The molecule has 1 aliphatic rings.